The zero-order valence-electron chi connectivity index (χ0n) is 21.1. The predicted molar refractivity (Wildman–Crippen MR) is 139 cm³/mol. The fraction of sp³-hybridized carbons (Fsp3) is 0.375. The number of hydrogen-bond donors (Lipinski definition) is 3. The molecule has 0 saturated carbocycles. The first kappa shape index (κ1) is 28.9. The number of benzene rings is 1. The number of alkyl halides is 1. The van der Waals surface area contributed by atoms with Gasteiger partial charge < -0.3 is 19.1 Å². The molecule has 1 saturated heterocycles. The van der Waals surface area contributed by atoms with Crippen LogP contribution in [0.25, 0.3) is 10.4 Å². The zero-order chi connectivity index (χ0) is 28.4. The standard InChI is InChI=1S/C24H27FN3O9PS/c1-14(21(31)34-3)27-38(33,37-16-8-6-15(7-9-16)18-5-4-12-39-18)35-13-17-20(30)24(2,25)22(36-17)28-11-10-19(29)26-23(28)32/h4-12,14,17,20,22,30H,13H2,1-3H3,(H,27,33)(H,26,29,32)/t14-,17+,20+,22+,24+,38?/m0/s1. The number of methoxy groups -OCH3 is 1. The zero-order valence-corrected chi connectivity index (χ0v) is 22.8. The number of ether oxygens (including phenoxy) is 2. The molecule has 3 aromatic rings. The van der Waals surface area contributed by atoms with Gasteiger partial charge in [0.15, 0.2) is 11.9 Å². The lowest BCUT2D eigenvalue weighted by atomic mass is 9.98. The Morgan fingerprint density at radius 2 is 2.03 bits per heavy atom. The second-order valence-electron chi connectivity index (χ2n) is 8.90. The molecule has 1 aliphatic heterocycles. The summed E-state index contributed by atoms with van der Waals surface area (Å²) < 4.78 is 51.4. The van der Waals surface area contributed by atoms with E-state index in [0.29, 0.717) is 0 Å². The summed E-state index contributed by atoms with van der Waals surface area (Å²) in [5.41, 5.74) is -3.23. The van der Waals surface area contributed by atoms with Crippen molar-refractivity contribution in [1.82, 2.24) is 14.6 Å². The lowest BCUT2D eigenvalue weighted by Crippen LogP contribution is -2.43. The van der Waals surface area contributed by atoms with Crippen molar-refractivity contribution in [2.24, 2.45) is 0 Å². The SMILES string of the molecule is COC(=O)[C@H](C)NP(=O)(OC[C@H]1O[C@@H](n2ccc(=O)[nH]c2=O)[C@](C)(F)[C@@H]1O)Oc1ccc(-c2cccs2)cc1. The second-order valence-corrected chi connectivity index (χ2v) is 11.5. The second kappa shape index (κ2) is 11.5. The maximum atomic E-state index is 15.5. The summed E-state index contributed by atoms with van der Waals surface area (Å²) in [6.45, 7) is 1.74. The first-order valence-electron chi connectivity index (χ1n) is 11.7. The summed E-state index contributed by atoms with van der Waals surface area (Å²) in [4.78, 5) is 38.6. The normalized spacial score (nSPS) is 25.1. The van der Waals surface area contributed by atoms with Gasteiger partial charge in [0.2, 0.25) is 0 Å². The van der Waals surface area contributed by atoms with Gasteiger partial charge in [-0.05, 0) is 55.1 Å². The summed E-state index contributed by atoms with van der Waals surface area (Å²) in [6, 6.07) is 10.3. The Morgan fingerprint density at radius 1 is 1.31 bits per heavy atom. The molecule has 3 N–H and O–H groups in total. The number of aromatic amines is 1. The van der Waals surface area contributed by atoms with Crippen LogP contribution in [-0.2, 0) is 23.4 Å². The molecule has 4 rings (SSSR count). The van der Waals surface area contributed by atoms with Gasteiger partial charge in [-0.25, -0.2) is 13.8 Å². The monoisotopic (exact) mass is 583 g/mol. The molecular formula is C24H27FN3O9PS. The van der Waals surface area contributed by atoms with Gasteiger partial charge in [0, 0.05) is 17.1 Å². The number of hydrogen-bond acceptors (Lipinski definition) is 10. The average Bonchev–Trinajstić information content (AvgIpc) is 3.50. The molecule has 39 heavy (non-hydrogen) atoms. The number of nitrogens with one attached hydrogen (secondary N) is 2. The van der Waals surface area contributed by atoms with Crippen LogP contribution in [0.15, 0.2) is 63.6 Å². The van der Waals surface area contributed by atoms with E-state index in [1.165, 1.54) is 6.92 Å². The fourth-order valence-electron chi connectivity index (χ4n) is 3.95. The lowest BCUT2D eigenvalue weighted by Gasteiger charge is -2.25. The minimum Gasteiger partial charge on any atom is -0.468 e. The highest BCUT2D eigenvalue weighted by Crippen LogP contribution is 2.47. The van der Waals surface area contributed by atoms with E-state index in [1.54, 1.807) is 35.6 Å². The minimum atomic E-state index is -4.35. The van der Waals surface area contributed by atoms with Gasteiger partial charge in [-0.2, -0.15) is 5.09 Å². The van der Waals surface area contributed by atoms with Gasteiger partial charge in [0.25, 0.3) is 5.56 Å². The highest BCUT2D eigenvalue weighted by Gasteiger charge is 2.55. The Hall–Kier alpha value is -3.13. The van der Waals surface area contributed by atoms with Crippen molar-refractivity contribution in [2.45, 2.75) is 44.0 Å². The van der Waals surface area contributed by atoms with E-state index >= 15 is 4.39 Å². The molecule has 1 fully saturated rings. The Bertz CT molecular complexity index is 1460. The molecular weight excluding hydrogens is 556 g/mol. The van der Waals surface area contributed by atoms with E-state index in [2.05, 4.69) is 9.82 Å². The smallest absolute Gasteiger partial charge is 0.459 e. The van der Waals surface area contributed by atoms with Gasteiger partial charge in [0.05, 0.1) is 13.7 Å². The average molecular weight is 584 g/mol. The maximum absolute atomic E-state index is 15.5. The van der Waals surface area contributed by atoms with Crippen LogP contribution in [0.2, 0.25) is 0 Å². The molecule has 0 radical (unpaired) electrons. The number of carbonyl (C=O) groups excluding carboxylic acids is 1. The molecule has 0 amide bonds. The van der Waals surface area contributed by atoms with E-state index in [0.717, 1.165) is 41.3 Å². The lowest BCUT2D eigenvalue weighted by molar-refractivity contribution is -0.142. The van der Waals surface area contributed by atoms with Crippen molar-refractivity contribution < 1.29 is 37.4 Å². The van der Waals surface area contributed by atoms with E-state index in [1.807, 2.05) is 22.5 Å². The molecule has 2 aromatic heterocycles. The van der Waals surface area contributed by atoms with Gasteiger partial charge in [-0.15, -0.1) is 11.3 Å². The van der Waals surface area contributed by atoms with Crippen molar-refractivity contribution in [3.63, 3.8) is 0 Å². The summed E-state index contributed by atoms with van der Waals surface area (Å²) in [5.74, 6) is -0.606. The van der Waals surface area contributed by atoms with Crippen molar-refractivity contribution in [3.05, 3.63) is 74.9 Å². The molecule has 0 spiro atoms. The first-order valence-corrected chi connectivity index (χ1v) is 14.1. The number of thiophene rings is 1. The van der Waals surface area contributed by atoms with Crippen LogP contribution in [-0.4, -0.2) is 58.3 Å². The van der Waals surface area contributed by atoms with Gasteiger partial charge in [-0.1, -0.05) is 6.07 Å². The van der Waals surface area contributed by atoms with Gasteiger partial charge in [-0.3, -0.25) is 23.7 Å². The quantitative estimate of drug-likeness (QED) is 0.239. The largest absolute Gasteiger partial charge is 0.468 e. The van der Waals surface area contributed by atoms with E-state index in [9.17, 15) is 24.1 Å². The molecule has 210 valence electrons. The van der Waals surface area contributed by atoms with E-state index in [-0.39, 0.29) is 5.75 Å². The third-order valence-corrected chi connectivity index (χ3v) is 8.58. The van der Waals surface area contributed by atoms with Crippen LogP contribution >= 0.6 is 19.1 Å². The van der Waals surface area contributed by atoms with Crippen molar-refractivity contribution in [1.29, 1.82) is 0 Å². The van der Waals surface area contributed by atoms with Crippen molar-refractivity contribution in [3.8, 4) is 16.2 Å². The molecule has 1 unspecified atom stereocenters. The molecule has 1 aliphatic rings. The highest BCUT2D eigenvalue weighted by atomic mass is 32.1. The van der Waals surface area contributed by atoms with Crippen LogP contribution in [0.1, 0.15) is 20.1 Å². The van der Waals surface area contributed by atoms with Gasteiger partial charge in [0.1, 0.15) is 24.0 Å². The molecule has 3 heterocycles. The maximum Gasteiger partial charge on any atom is 0.459 e. The van der Waals surface area contributed by atoms with Crippen LogP contribution in [0.3, 0.4) is 0 Å². The van der Waals surface area contributed by atoms with Crippen LogP contribution in [0.5, 0.6) is 5.75 Å². The van der Waals surface area contributed by atoms with Crippen molar-refractivity contribution >= 4 is 25.1 Å². The van der Waals surface area contributed by atoms with Crippen LogP contribution < -0.4 is 20.9 Å². The molecule has 6 atom stereocenters. The number of rotatable bonds is 10. The number of H-pyrrole nitrogens is 1. The molecule has 0 aliphatic carbocycles. The third-order valence-electron chi connectivity index (χ3n) is 6.02. The number of aliphatic hydroxyl groups is 1. The van der Waals surface area contributed by atoms with Gasteiger partial charge >= 0.3 is 19.4 Å². The number of aliphatic hydroxyl groups excluding tert-OH is 1. The third kappa shape index (κ3) is 6.38. The Labute approximate surface area is 225 Å². The van der Waals surface area contributed by atoms with Crippen molar-refractivity contribution in [2.75, 3.05) is 13.7 Å². The first-order chi connectivity index (χ1) is 18.4. The fourth-order valence-corrected chi connectivity index (χ4v) is 6.19. The number of nitrogens with zero attached hydrogens (tertiary/aromatic N) is 1. The number of esters is 1. The number of halogens is 1. The molecule has 12 nitrogen and oxygen atoms in total. The van der Waals surface area contributed by atoms with E-state index in [4.69, 9.17) is 13.8 Å². The summed E-state index contributed by atoms with van der Waals surface area (Å²) in [5, 5.41) is 15.0. The molecule has 0 bridgehead atoms. The van der Waals surface area contributed by atoms with Crippen LogP contribution in [0.4, 0.5) is 4.39 Å². The Morgan fingerprint density at radius 3 is 2.64 bits per heavy atom. The topological polar surface area (TPSA) is 158 Å². The summed E-state index contributed by atoms with van der Waals surface area (Å²) in [6.07, 6.45) is -3.82. The summed E-state index contributed by atoms with van der Waals surface area (Å²) >= 11 is 1.54. The molecule has 15 heteroatoms. The van der Waals surface area contributed by atoms with E-state index < -0.39 is 61.7 Å². The molecule has 1 aromatic carbocycles. The predicted octanol–water partition coefficient (Wildman–Crippen LogP) is 2.61. The summed E-state index contributed by atoms with van der Waals surface area (Å²) in [7, 11) is -3.19. The van der Waals surface area contributed by atoms with Crippen LogP contribution in [0, 0.1) is 0 Å². The Kier molecular flexibility index (Phi) is 8.54. The number of aromatic nitrogens is 2. The Balaban J connectivity index is 1.53. The highest BCUT2D eigenvalue weighted by molar-refractivity contribution is 7.52. The minimum absolute atomic E-state index is 0.143. The number of carbonyl (C=O) groups is 1.